The number of anilines is 1. The predicted molar refractivity (Wildman–Crippen MR) is 89.5 cm³/mol. The summed E-state index contributed by atoms with van der Waals surface area (Å²) in [7, 11) is -2.57. The first-order valence-electron chi connectivity index (χ1n) is 6.72. The van der Waals surface area contributed by atoms with E-state index in [1.807, 2.05) is 6.92 Å². The molecule has 23 heavy (non-hydrogen) atoms. The molecule has 0 unspecified atom stereocenters. The van der Waals surface area contributed by atoms with Gasteiger partial charge in [0.15, 0.2) is 0 Å². The largest absolute Gasteiger partial charge is 0.465 e. The summed E-state index contributed by atoms with van der Waals surface area (Å²) in [5.74, 6) is -0.575. The molecule has 0 aliphatic heterocycles. The first kappa shape index (κ1) is 17.3. The molecule has 0 bridgehead atoms. The standard InChI is InChI=1S/C16H16ClNO4S/c1-10-4-7-15(11(2)8-10)23(20,21)18-14-9-12(16(19)22-3)5-6-13(14)17/h4-9,18H,1-3H3. The molecular weight excluding hydrogens is 338 g/mol. The molecule has 122 valence electrons. The van der Waals surface area contributed by atoms with Gasteiger partial charge in [-0.05, 0) is 43.7 Å². The minimum atomic E-state index is -3.82. The van der Waals surface area contributed by atoms with Crippen LogP contribution in [-0.2, 0) is 14.8 Å². The Morgan fingerprint density at radius 3 is 2.43 bits per heavy atom. The molecule has 0 aliphatic carbocycles. The topological polar surface area (TPSA) is 72.5 Å². The maximum atomic E-state index is 12.6. The summed E-state index contributed by atoms with van der Waals surface area (Å²) in [5, 5.41) is 0.186. The second kappa shape index (κ2) is 6.60. The number of carbonyl (C=O) groups excluding carboxylic acids is 1. The molecule has 2 aromatic rings. The van der Waals surface area contributed by atoms with Crippen molar-refractivity contribution in [3.8, 4) is 0 Å². The third-order valence-electron chi connectivity index (χ3n) is 3.25. The molecule has 0 aromatic heterocycles. The highest BCUT2D eigenvalue weighted by Crippen LogP contribution is 2.27. The van der Waals surface area contributed by atoms with Crippen LogP contribution in [0, 0.1) is 13.8 Å². The quantitative estimate of drug-likeness (QED) is 0.853. The minimum absolute atomic E-state index is 0.120. The number of ether oxygens (including phenoxy) is 1. The maximum absolute atomic E-state index is 12.6. The fraction of sp³-hybridized carbons (Fsp3) is 0.188. The summed E-state index contributed by atoms with van der Waals surface area (Å²) >= 11 is 6.02. The number of hydrogen-bond donors (Lipinski definition) is 1. The van der Waals surface area contributed by atoms with Crippen LogP contribution in [0.2, 0.25) is 5.02 Å². The van der Waals surface area contributed by atoms with Gasteiger partial charge in [0.05, 0.1) is 28.3 Å². The summed E-state index contributed by atoms with van der Waals surface area (Å²) in [6.07, 6.45) is 0. The molecule has 2 rings (SSSR count). The van der Waals surface area contributed by atoms with E-state index in [4.69, 9.17) is 11.6 Å². The second-order valence-electron chi connectivity index (χ2n) is 5.06. The number of methoxy groups -OCH3 is 1. The van der Waals surface area contributed by atoms with Crippen molar-refractivity contribution in [1.29, 1.82) is 0 Å². The number of aryl methyl sites for hydroxylation is 2. The smallest absolute Gasteiger partial charge is 0.337 e. The summed E-state index contributed by atoms with van der Waals surface area (Å²) in [5.41, 5.74) is 1.91. The lowest BCUT2D eigenvalue weighted by atomic mass is 10.2. The van der Waals surface area contributed by atoms with Crippen molar-refractivity contribution in [2.45, 2.75) is 18.7 Å². The third kappa shape index (κ3) is 3.83. The Balaban J connectivity index is 2.43. The van der Waals surface area contributed by atoms with Gasteiger partial charge in [-0.3, -0.25) is 4.72 Å². The van der Waals surface area contributed by atoms with Crippen LogP contribution in [-0.4, -0.2) is 21.5 Å². The van der Waals surface area contributed by atoms with Crippen molar-refractivity contribution in [3.05, 3.63) is 58.1 Å². The predicted octanol–water partition coefficient (Wildman–Crippen LogP) is 3.54. The number of nitrogens with one attached hydrogen (secondary N) is 1. The highest BCUT2D eigenvalue weighted by molar-refractivity contribution is 7.92. The second-order valence-corrected chi connectivity index (χ2v) is 7.12. The van der Waals surface area contributed by atoms with Crippen LogP contribution in [0.1, 0.15) is 21.5 Å². The number of hydrogen-bond acceptors (Lipinski definition) is 4. The Hall–Kier alpha value is -2.05. The molecule has 0 saturated carbocycles. The average Bonchev–Trinajstić information content (AvgIpc) is 2.48. The van der Waals surface area contributed by atoms with Crippen molar-refractivity contribution < 1.29 is 17.9 Å². The van der Waals surface area contributed by atoms with Crippen molar-refractivity contribution in [3.63, 3.8) is 0 Å². The Morgan fingerprint density at radius 2 is 1.83 bits per heavy atom. The Morgan fingerprint density at radius 1 is 1.13 bits per heavy atom. The molecular formula is C16H16ClNO4S. The van der Waals surface area contributed by atoms with Gasteiger partial charge in [-0.15, -0.1) is 0 Å². The number of rotatable bonds is 4. The molecule has 0 heterocycles. The summed E-state index contributed by atoms with van der Waals surface area (Å²) < 4.78 is 32.1. The van der Waals surface area contributed by atoms with Crippen LogP contribution < -0.4 is 4.72 Å². The van der Waals surface area contributed by atoms with Gasteiger partial charge >= 0.3 is 5.97 Å². The van der Waals surface area contributed by atoms with Crippen molar-refractivity contribution >= 4 is 33.3 Å². The van der Waals surface area contributed by atoms with Gasteiger partial charge in [0.2, 0.25) is 0 Å². The van der Waals surface area contributed by atoms with Crippen LogP contribution in [0.3, 0.4) is 0 Å². The molecule has 5 nitrogen and oxygen atoms in total. The lowest BCUT2D eigenvalue weighted by molar-refractivity contribution is 0.0601. The van der Waals surface area contributed by atoms with E-state index in [0.29, 0.717) is 5.56 Å². The van der Waals surface area contributed by atoms with E-state index in [9.17, 15) is 13.2 Å². The number of benzene rings is 2. The number of carbonyl (C=O) groups is 1. The summed E-state index contributed by atoms with van der Waals surface area (Å²) in [4.78, 5) is 11.7. The number of sulfonamides is 1. The van der Waals surface area contributed by atoms with E-state index < -0.39 is 16.0 Å². The van der Waals surface area contributed by atoms with Crippen LogP contribution in [0.25, 0.3) is 0 Å². The van der Waals surface area contributed by atoms with Crippen LogP contribution in [0.4, 0.5) is 5.69 Å². The SMILES string of the molecule is COC(=O)c1ccc(Cl)c(NS(=O)(=O)c2ccc(C)cc2C)c1. The van der Waals surface area contributed by atoms with Crippen LogP contribution in [0.5, 0.6) is 0 Å². The summed E-state index contributed by atoms with van der Waals surface area (Å²) in [6, 6.07) is 9.27. The minimum Gasteiger partial charge on any atom is -0.465 e. The van der Waals surface area contributed by atoms with E-state index in [1.54, 1.807) is 19.1 Å². The highest BCUT2D eigenvalue weighted by Gasteiger charge is 2.19. The van der Waals surface area contributed by atoms with Crippen LogP contribution in [0.15, 0.2) is 41.3 Å². The molecule has 0 radical (unpaired) electrons. The molecule has 0 aliphatic rings. The van der Waals surface area contributed by atoms with Crippen LogP contribution >= 0.6 is 11.6 Å². The Labute approximate surface area is 140 Å². The first-order chi connectivity index (χ1) is 10.7. The third-order valence-corrected chi connectivity index (χ3v) is 5.11. The van der Waals surface area contributed by atoms with E-state index >= 15 is 0 Å². The van der Waals surface area contributed by atoms with Gasteiger partial charge < -0.3 is 4.74 Å². The molecule has 7 heteroatoms. The maximum Gasteiger partial charge on any atom is 0.337 e. The fourth-order valence-corrected chi connectivity index (χ4v) is 3.67. The van der Waals surface area contributed by atoms with Gasteiger partial charge in [-0.25, -0.2) is 13.2 Å². The zero-order chi connectivity index (χ0) is 17.2. The van der Waals surface area contributed by atoms with Gasteiger partial charge in [0, 0.05) is 0 Å². The number of esters is 1. The molecule has 0 spiro atoms. The van der Waals surface area contributed by atoms with Gasteiger partial charge in [-0.1, -0.05) is 29.3 Å². The van der Waals surface area contributed by atoms with E-state index in [1.165, 1.54) is 31.4 Å². The first-order valence-corrected chi connectivity index (χ1v) is 8.58. The number of halogens is 1. The van der Waals surface area contributed by atoms with Crippen molar-refractivity contribution in [2.75, 3.05) is 11.8 Å². The zero-order valence-corrected chi connectivity index (χ0v) is 14.5. The molecule has 2 aromatic carbocycles. The summed E-state index contributed by atoms with van der Waals surface area (Å²) in [6.45, 7) is 3.60. The molecule has 0 saturated heterocycles. The van der Waals surface area contributed by atoms with E-state index in [2.05, 4.69) is 9.46 Å². The molecule has 1 N–H and O–H groups in total. The normalized spacial score (nSPS) is 11.1. The van der Waals surface area contributed by atoms with E-state index in [0.717, 1.165) is 5.56 Å². The van der Waals surface area contributed by atoms with Crippen molar-refractivity contribution in [2.24, 2.45) is 0 Å². The Kier molecular flexibility index (Phi) is 4.97. The molecule has 0 atom stereocenters. The van der Waals surface area contributed by atoms with Crippen molar-refractivity contribution in [1.82, 2.24) is 0 Å². The lowest BCUT2D eigenvalue weighted by Crippen LogP contribution is -2.15. The zero-order valence-electron chi connectivity index (χ0n) is 12.9. The van der Waals surface area contributed by atoms with Gasteiger partial charge in [0.25, 0.3) is 10.0 Å². The van der Waals surface area contributed by atoms with E-state index in [-0.39, 0.29) is 21.2 Å². The fourth-order valence-electron chi connectivity index (χ4n) is 2.15. The highest BCUT2D eigenvalue weighted by atomic mass is 35.5. The Bertz CT molecular complexity index is 862. The average molecular weight is 354 g/mol. The van der Waals surface area contributed by atoms with Gasteiger partial charge in [0.1, 0.15) is 0 Å². The monoisotopic (exact) mass is 353 g/mol. The lowest BCUT2D eigenvalue weighted by Gasteiger charge is -2.13. The molecule has 0 fully saturated rings. The van der Waals surface area contributed by atoms with Gasteiger partial charge in [-0.2, -0.15) is 0 Å². The molecule has 0 amide bonds.